The number of hydrogen-bond donors (Lipinski definition) is 4. The number of nitrogens with zero attached hydrogens (tertiary/aromatic N) is 5. The summed E-state index contributed by atoms with van der Waals surface area (Å²) in [6.45, 7) is 31.9. The van der Waals surface area contributed by atoms with Crippen LogP contribution in [0.5, 0.6) is 11.5 Å². The number of nitrogen functional groups attached to an aromatic ring is 1. The maximum atomic E-state index is 12.6. The number of aliphatic hydroxyl groups excluding tert-OH is 2. The SMILES string of the molecule is Cc1c(C)c2c(c(C)c1OCCCC(=O)NCCOCCOCCCN1CCN(CCCc3ccc4c(c3)nc(N)c3nc(C)n(CC(C)(CO)CO)c34)CC1)CC[C@@](C)(CCC[C@H](C)CCC[C@H](C)CCCC(C)C)O2. The highest BCUT2D eigenvalue weighted by Gasteiger charge is 2.35. The fourth-order valence-corrected chi connectivity index (χ4v) is 11.6. The van der Waals surface area contributed by atoms with Gasteiger partial charge in [0.2, 0.25) is 5.91 Å². The summed E-state index contributed by atoms with van der Waals surface area (Å²) in [5, 5.41) is 23.9. The maximum absolute atomic E-state index is 12.6. The van der Waals surface area contributed by atoms with E-state index in [-0.39, 0.29) is 24.7 Å². The molecular formula is C63H103N7O7. The summed E-state index contributed by atoms with van der Waals surface area (Å²) in [5.41, 5.74) is 14.0. The van der Waals surface area contributed by atoms with Gasteiger partial charge in [0.15, 0.2) is 5.82 Å². The molecule has 2 aliphatic rings. The van der Waals surface area contributed by atoms with Crippen LogP contribution in [0.1, 0.15) is 165 Å². The Kier molecular flexibility index (Phi) is 24.6. The average Bonchev–Trinajstić information content (AvgIpc) is 3.77. The third-order valence-electron chi connectivity index (χ3n) is 17.0. The molecule has 14 nitrogen and oxygen atoms in total. The topological polar surface area (TPSA) is 170 Å². The maximum Gasteiger partial charge on any atom is 0.220 e. The Morgan fingerprint density at radius 3 is 2.13 bits per heavy atom. The molecule has 14 heteroatoms. The molecular weight excluding hydrogens is 967 g/mol. The molecule has 0 aliphatic carbocycles. The van der Waals surface area contributed by atoms with Crippen LogP contribution >= 0.6 is 0 Å². The van der Waals surface area contributed by atoms with Crippen LogP contribution in [0.25, 0.3) is 21.9 Å². The van der Waals surface area contributed by atoms with Gasteiger partial charge in [-0.25, -0.2) is 9.97 Å². The first-order valence-corrected chi connectivity index (χ1v) is 30.0. The monoisotopic (exact) mass is 1070 g/mol. The number of ether oxygens (including phenoxy) is 4. The molecule has 0 spiro atoms. The van der Waals surface area contributed by atoms with Gasteiger partial charge in [0.25, 0.3) is 0 Å². The van der Waals surface area contributed by atoms with E-state index in [1.807, 2.05) is 13.8 Å². The quantitative estimate of drug-likeness (QED) is 0.0322. The molecule has 0 unspecified atom stereocenters. The number of fused-ring (bicyclic) bond motifs is 4. The first-order valence-electron chi connectivity index (χ1n) is 30.0. The molecule has 6 rings (SSSR count). The summed E-state index contributed by atoms with van der Waals surface area (Å²) >= 11 is 0. The fraction of sp³-hybridized carbons (Fsp3) is 0.730. The minimum atomic E-state index is -0.684. The summed E-state index contributed by atoms with van der Waals surface area (Å²) in [7, 11) is 0. The number of carbonyl (C=O) groups excluding carboxylic acids is 1. The molecule has 432 valence electrons. The van der Waals surface area contributed by atoms with Crippen molar-refractivity contribution < 1.29 is 34.0 Å². The van der Waals surface area contributed by atoms with Crippen LogP contribution in [-0.4, -0.2) is 138 Å². The summed E-state index contributed by atoms with van der Waals surface area (Å²) in [6.07, 6.45) is 17.9. The third-order valence-corrected chi connectivity index (χ3v) is 17.0. The van der Waals surface area contributed by atoms with Crippen molar-refractivity contribution in [3.05, 3.63) is 51.8 Å². The van der Waals surface area contributed by atoms with E-state index < -0.39 is 5.41 Å². The molecule has 0 saturated carbocycles. The summed E-state index contributed by atoms with van der Waals surface area (Å²) < 4.78 is 26.9. The van der Waals surface area contributed by atoms with Gasteiger partial charge in [-0.15, -0.1) is 0 Å². The van der Waals surface area contributed by atoms with Gasteiger partial charge < -0.3 is 54.6 Å². The van der Waals surface area contributed by atoms with Crippen LogP contribution in [0.3, 0.4) is 0 Å². The Balaban J connectivity index is 0.763. The number of anilines is 1. The highest BCUT2D eigenvalue weighted by atomic mass is 16.5. The van der Waals surface area contributed by atoms with Gasteiger partial charge >= 0.3 is 0 Å². The number of pyridine rings is 1. The minimum Gasteiger partial charge on any atom is -0.493 e. The molecule has 1 fully saturated rings. The van der Waals surface area contributed by atoms with Crippen LogP contribution in [-0.2, 0) is 33.7 Å². The Morgan fingerprint density at radius 2 is 1.45 bits per heavy atom. The second-order valence-corrected chi connectivity index (χ2v) is 24.5. The molecule has 5 N–H and O–H groups in total. The van der Waals surface area contributed by atoms with E-state index in [0.717, 1.165) is 135 Å². The van der Waals surface area contributed by atoms with E-state index in [1.165, 1.54) is 73.6 Å². The number of aryl methyl sites for hydroxylation is 2. The van der Waals surface area contributed by atoms with E-state index in [1.54, 1.807) is 0 Å². The molecule has 2 aromatic carbocycles. The number of piperazine rings is 1. The number of amides is 1. The van der Waals surface area contributed by atoms with Gasteiger partial charge in [-0.2, -0.15) is 0 Å². The zero-order valence-electron chi connectivity index (χ0n) is 49.6. The summed E-state index contributed by atoms with van der Waals surface area (Å²) in [4.78, 5) is 27.1. The van der Waals surface area contributed by atoms with E-state index in [4.69, 9.17) is 34.6 Å². The van der Waals surface area contributed by atoms with E-state index in [9.17, 15) is 15.0 Å². The average molecular weight is 1070 g/mol. The highest BCUT2D eigenvalue weighted by molar-refractivity contribution is 6.06. The largest absolute Gasteiger partial charge is 0.493 e. The number of carbonyl (C=O) groups is 1. The van der Waals surface area contributed by atoms with Crippen LogP contribution in [0.2, 0.25) is 0 Å². The van der Waals surface area contributed by atoms with Crippen molar-refractivity contribution >= 4 is 33.7 Å². The minimum absolute atomic E-state index is 0.0190. The zero-order valence-corrected chi connectivity index (χ0v) is 49.6. The number of hydrogen-bond acceptors (Lipinski definition) is 12. The van der Waals surface area contributed by atoms with E-state index in [0.29, 0.717) is 70.3 Å². The van der Waals surface area contributed by atoms with Crippen molar-refractivity contribution in [2.24, 2.45) is 23.2 Å². The number of benzene rings is 2. The van der Waals surface area contributed by atoms with Crippen molar-refractivity contribution in [2.75, 3.05) is 97.8 Å². The van der Waals surface area contributed by atoms with Gasteiger partial charge in [-0.05, 0) is 139 Å². The molecule has 1 saturated heterocycles. The van der Waals surface area contributed by atoms with Gasteiger partial charge in [0, 0.05) is 75.2 Å². The first-order chi connectivity index (χ1) is 36.9. The predicted octanol–water partition coefficient (Wildman–Crippen LogP) is 10.9. The lowest BCUT2D eigenvalue weighted by atomic mass is 9.83. The van der Waals surface area contributed by atoms with Gasteiger partial charge in [-0.3, -0.25) is 4.79 Å². The van der Waals surface area contributed by atoms with Crippen molar-refractivity contribution in [3.8, 4) is 11.5 Å². The van der Waals surface area contributed by atoms with Gasteiger partial charge in [0.05, 0.1) is 50.7 Å². The fourth-order valence-electron chi connectivity index (χ4n) is 11.6. The normalized spacial score (nSPS) is 17.3. The van der Waals surface area contributed by atoms with Crippen LogP contribution in [0.15, 0.2) is 18.2 Å². The Hall–Kier alpha value is -4.05. The molecule has 3 atom stereocenters. The van der Waals surface area contributed by atoms with Crippen molar-refractivity contribution in [1.29, 1.82) is 0 Å². The molecule has 0 bridgehead atoms. The van der Waals surface area contributed by atoms with Crippen molar-refractivity contribution in [1.82, 2.24) is 29.7 Å². The second-order valence-electron chi connectivity index (χ2n) is 24.5. The lowest BCUT2D eigenvalue weighted by Gasteiger charge is -2.38. The number of aromatic nitrogens is 3. The molecule has 1 amide bonds. The van der Waals surface area contributed by atoms with Crippen molar-refractivity contribution in [3.63, 3.8) is 0 Å². The smallest absolute Gasteiger partial charge is 0.220 e. The Labute approximate surface area is 463 Å². The number of imidazole rings is 1. The molecule has 2 aromatic heterocycles. The molecule has 4 aromatic rings. The van der Waals surface area contributed by atoms with Gasteiger partial charge in [0.1, 0.15) is 28.4 Å². The second kappa shape index (κ2) is 30.5. The van der Waals surface area contributed by atoms with Crippen LogP contribution in [0.4, 0.5) is 5.82 Å². The van der Waals surface area contributed by atoms with Crippen LogP contribution in [0, 0.1) is 50.9 Å². The van der Waals surface area contributed by atoms with Crippen LogP contribution < -0.4 is 20.5 Å². The first kappa shape index (κ1) is 62.2. The standard InChI is InChI=1S/C63H103N7O7/c1-45(2)17-11-18-46(3)19-12-20-47(4)21-13-27-63(10)28-26-53-50(7)59(48(5)49(6)60(53)77-63)76-37-15-23-56(73)65-29-38-75-40-39-74-36-16-31-69-34-32-68(33-35-69)30-14-22-52-24-25-54-55(41-52)67-61(64)57-58(54)70(51(8)66-57)42-62(9,43-71)44-72/h24-25,41,45-47,71-72H,11-23,26-40,42-44H2,1-10H3,(H2,64,67)(H,65,73)/t46-,47-,63-/m1/s1. The lowest BCUT2D eigenvalue weighted by Crippen LogP contribution is -2.46. The zero-order chi connectivity index (χ0) is 55.5. The predicted molar refractivity (Wildman–Crippen MR) is 314 cm³/mol. The van der Waals surface area contributed by atoms with E-state index in [2.05, 4.69) is 93.3 Å². The highest BCUT2D eigenvalue weighted by Crippen LogP contribution is 2.45. The summed E-state index contributed by atoms with van der Waals surface area (Å²) in [6, 6.07) is 6.43. The lowest BCUT2D eigenvalue weighted by molar-refractivity contribution is -0.121. The molecule has 4 heterocycles. The molecule has 77 heavy (non-hydrogen) atoms. The number of rotatable bonds is 35. The number of nitrogens with two attached hydrogens (primary N) is 1. The van der Waals surface area contributed by atoms with Gasteiger partial charge in [-0.1, -0.05) is 91.7 Å². The Morgan fingerprint density at radius 1 is 0.805 bits per heavy atom. The van der Waals surface area contributed by atoms with Crippen molar-refractivity contribution in [2.45, 2.75) is 184 Å². The molecule has 0 radical (unpaired) electrons. The number of aliphatic hydroxyl groups is 2. The molecule has 2 aliphatic heterocycles. The Bertz CT molecular complexity index is 2450. The van der Waals surface area contributed by atoms with E-state index >= 15 is 0 Å². The third kappa shape index (κ3) is 18.5. The number of nitrogens with one attached hydrogen (secondary N) is 1. The summed E-state index contributed by atoms with van der Waals surface area (Å²) in [5.74, 6) is 5.65.